The lowest BCUT2D eigenvalue weighted by Crippen LogP contribution is -2.23. The van der Waals surface area contributed by atoms with Crippen molar-refractivity contribution in [2.24, 2.45) is 11.7 Å². The lowest BCUT2D eigenvalue weighted by molar-refractivity contribution is 0.314. The Bertz CT molecular complexity index is 873. The normalized spacial score (nSPS) is 18.7. The van der Waals surface area contributed by atoms with Crippen molar-refractivity contribution in [1.82, 2.24) is 9.88 Å². The van der Waals surface area contributed by atoms with E-state index in [0.29, 0.717) is 11.8 Å². The molecule has 7 heteroatoms. The first-order valence-electron chi connectivity index (χ1n) is 9.33. The van der Waals surface area contributed by atoms with Crippen molar-refractivity contribution >= 4 is 36.2 Å². The summed E-state index contributed by atoms with van der Waals surface area (Å²) < 4.78 is 5.23. The monoisotopic (exact) mass is 451 g/mol. The van der Waals surface area contributed by atoms with Gasteiger partial charge in [-0.25, -0.2) is 4.98 Å². The summed E-state index contributed by atoms with van der Waals surface area (Å²) in [6.07, 6.45) is 0. The number of rotatable bonds is 6. The number of hydrogen-bond acceptors (Lipinski definition) is 5. The number of halogens is 2. The van der Waals surface area contributed by atoms with E-state index in [1.165, 1.54) is 5.56 Å². The molecule has 29 heavy (non-hydrogen) atoms. The Morgan fingerprint density at radius 1 is 1.07 bits per heavy atom. The van der Waals surface area contributed by atoms with Gasteiger partial charge >= 0.3 is 0 Å². The summed E-state index contributed by atoms with van der Waals surface area (Å²) in [6, 6.07) is 18.8. The molecule has 0 spiro atoms. The first kappa shape index (κ1) is 23.6. The number of methoxy groups -OCH3 is 1. The number of likely N-dealkylation sites (tertiary alicyclic amines) is 1. The van der Waals surface area contributed by atoms with Gasteiger partial charge in [0.1, 0.15) is 10.8 Å². The highest BCUT2D eigenvalue weighted by molar-refractivity contribution is 7.13. The zero-order chi connectivity index (χ0) is 18.6. The van der Waals surface area contributed by atoms with Crippen molar-refractivity contribution < 1.29 is 4.74 Å². The molecule has 0 radical (unpaired) electrons. The third kappa shape index (κ3) is 5.50. The van der Waals surface area contributed by atoms with Gasteiger partial charge in [-0.3, -0.25) is 4.90 Å². The fraction of sp³-hybridized carbons (Fsp3) is 0.318. The smallest absolute Gasteiger partial charge is 0.123 e. The van der Waals surface area contributed by atoms with Crippen molar-refractivity contribution in [3.63, 3.8) is 0 Å². The van der Waals surface area contributed by atoms with Gasteiger partial charge in [0.05, 0.1) is 12.8 Å². The average molecular weight is 452 g/mol. The predicted octanol–water partition coefficient (Wildman–Crippen LogP) is 4.84. The number of hydrogen-bond donors (Lipinski definition) is 1. The molecule has 0 amide bonds. The lowest BCUT2D eigenvalue weighted by Gasteiger charge is -2.16. The van der Waals surface area contributed by atoms with Crippen molar-refractivity contribution in [3.05, 3.63) is 71.2 Å². The number of nitrogens with zero attached hydrogens (tertiary/aromatic N) is 2. The fourth-order valence-corrected chi connectivity index (χ4v) is 4.70. The van der Waals surface area contributed by atoms with Crippen molar-refractivity contribution in [1.29, 1.82) is 0 Å². The topological polar surface area (TPSA) is 51.4 Å². The Morgan fingerprint density at radius 2 is 1.79 bits per heavy atom. The zero-order valence-corrected chi connectivity index (χ0v) is 18.8. The molecule has 1 aromatic heterocycles. The molecule has 0 unspecified atom stereocenters. The number of nitrogens with two attached hydrogens (primary N) is 1. The van der Waals surface area contributed by atoms with Crippen molar-refractivity contribution in [2.75, 3.05) is 26.7 Å². The molecule has 0 bridgehead atoms. The van der Waals surface area contributed by atoms with E-state index in [0.717, 1.165) is 48.2 Å². The van der Waals surface area contributed by atoms with E-state index in [4.69, 9.17) is 15.5 Å². The largest absolute Gasteiger partial charge is 0.497 e. The maximum atomic E-state index is 6.07. The van der Waals surface area contributed by atoms with Crippen LogP contribution in [-0.4, -0.2) is 36.6 Å². The fourth-order valence-electron chi connectivity index (χ4n) is 3.88. The molecule has 2 N–H and O–H groups in total. The van der Waals surface area contributed by atoms with Gasteiger partial charge in [0.15, 0.2) is 0 Å². The van der Waals surface area contributed by atoms with Crippen LogP contribution < -0.4 is 10.5 Å². The van der Waals surface area contributed by atoms with Gasteiger partial charge in [-0.1, -0.05) is 30.3 Å². The van der Waals surface area contributed by atoms with E-state index >= 15 is 0 Å². The van der Waals surface area contributed by atoms with Gasteiger partial charge in [-0.05, 0) is 42.3 Å². The molecule has 1 aliphatic rings. The molecule has 4 rings (SSSR count). The second-order valence-electron chi connectivity index (χ2n) is 7.08. The number of ether oxygens (including phenoxy) is 1. The van der Waals surface area contributed by atoms with E-state index in [-0.39, 0.29) is 24.8 Å². The summed E-state index contributed by atoms with van der Waals surface area (Å²) in [5.41, 5.74) is 9.74. The first-order chi connectivity index (χ1) is 13.3. The minimum Gasteiger partial charge on any atom is -0.497 e. The van der Waals surface area contributed by atoms with Crippen LogP contribution in [0.15, 0.2) is 60.0 Å². The van der Waals surface area contributed by atoms with Gasteiger partial charge in [0, 0.05) is 36.5 Å². The van der Waals surface area contributed by atoms with Crippen LogP contribution in [0.4, 0.5) is 0 Å². The van der Waals surface area contributed by atoms with E-state index < -0.39 is 0 Å². The van der Waals surface area contributed by atoms with E-state index in [9.17, 15) is 0 Å². The highest BCUT2D eigenvalue weighted by Gasteiger charge is 2.32. The van der Waals surface area contributed by atoms with Gasteiger partial charge in [0.25, 0.3) is 0 Å². The maximum Gasteiger partial charge on any atom is 0.123 e. The van der Waals surface area contributed by atoms with Gasteiger partial charge in [-0.15, -0.1) is 36.2 Å². The molecule has 156 valence electrons. The molecule has 3 aromatic rings. The van der Waals surface area contributed by atoms with Crippen molar-refractivity contribution in [3.8, 4) is 16.3 Å². The summed E-state index contributed by atoms with van der Waals surface area (Å²) in [4.78, 5) is 7.34. The highest BCUT2D eigenvalue weighted by Crippen LogP contribution is 2.33. The second kappa shape index (κ2) is 11.0. The van der Waals surface area contributed by atoms with Gasteiger partial charge in [-0.2, -0.15) is 0 Å². The third-order valence-corrected chi connectivity index (χ3v) is 6.26. The van der Waals surface area contributed by atoms with Gasteiger partial charge < -0.3 is 10.5 Å². The standard InChI is InChI=1S/C22H25N3OS.2ClH/c1-26-20-9-7-17(8-10-20)22-24-19(15-27-22)13-25-12-18(11-23)21(14-25)16-5-3-2-4-6-16;;/h2-10,15,18,21H,11-14,23H2,1H3;2*1H/t18-,21+;;/m1../s1. The molecule has 2 aromatic carbocycles. The third-order valence-electron chi connectivity index (χ3n) is 5.32. The molecule has 1 aliphatic heterocycles. The molecule has 2 heterocycles. The molecule has 2 atom stereocenters. The Balaban J connectivity index is 0.00000150. The minimum atomic E-state index is 0. The molecule has 1 saturated heterocycles. The lowest BCUT2D eigenvalue weighted by atomic mass is 9.89. The Hall–Kier alpha value is -1.63. The molecule has 0 saturated carbocycles. The summed E-state index contributed by atoms with van der Waals surface area (Å²) in [6.45, 7) is 3.68. The quantitative estimate of drug-likeness (QED) is 0.582. The number of thiazole rings is 1. The predicted molar refractivity (Wildman–Crippen MR) is 126 cm³/mol. The van der Waals surface area contributed by atoms with Crippen LogP contribution in [-0.2, 0) is 6.54 Å². The molecule has 0 aliphatic carbocycles. The highest BCUT2D eigenvalue weighted by atomic mass is 35.5. The molecular weight excluding hydrogens is 425 g/mol. The maximum absolute atomic E-state index is 6.07. The summed E-state index contributed by atoms with van der Waals surface area (Å²) in [5, 5.41) is 3.23. The first-order valence-corrected chi connectivity index (χ1v) is 10.2. The second-order valence-corrected chi connectivity index (χ2v) is 7.94. The number of aromatic nitrogens is 1. The van der Waals surface area contributed by atoms with E-state index in [1.54, 1.807) is 18.4 Å². The van der Waals surface area contributed by atoms with Crippen LogP contribution in [0.1, 0.15) is 17.2 Å². The number of benzene rings is 2. The zero-order valence-electron chi connectivity index (χ0n) is 16.4. The van der Waals surface area contributed by atoms with Crippen LogP contribution in [0.3, 0.4) is 0 Å². The SMILES string of the molecule is COc1ccc(-c2nc(CN3C[C@@H](CN)[C@H](c4ccccc4)C3)cs2)cc1.Cl.Cl. The summed E-state index contributed by atoms with van der Waals surface area (Å²) >= 11 is 1.70. The van der Waals surface area contributed by atoms with Gasteiger partial charge in [0.2, 0.25) is 0 Å². The summed E-state index contributed by atoms with van der Waals surface area (Å²) in [7, 11) is 1.68. The van der Waals surface area contributed by atoms with Crippen LogP contribution in [0, 0.1) is 5.92 Å². The van der Waals surface area contributed by atoms with Crippen molar-refractivity contribution in [2.45, 2.75) is 12.5 Å². The Labute approximate surface area is 188 Å². The summed E-state index contributed by atoms with van der Waals surface area (Å²) in [5.74, 6) is 1.88. The minimum absolute atomic E-state index is 0. The Morgan fingerprint density at radius 3 is 2.45 bits per heavy atom. The van der Waals surface area contributed by atoms with Crippen LogP contribution in [0.2, 0.25) is 0 Å². The Kier molecular flexibility index (Phi) is 8.93. The van der Waals surface area contributed by atoms with Crippen LogP contribution in [0.25, 0.3) is 10.6 Å². The molecular formula is C22H27Cl2N3OS. The average Bonchev–Trinajstić information content (AvgIpc) is 3.36. The molecule has 1 fully saturated rings. The van der Waals surface area contributed by atoms with E-state index in [1.807, 2.05) is 12.1 Å². The molecule has 4 nitrogen and oxygen atoms in total. The van der Waals surface area contributed by atoms with Crippen LogP contribution in [0.5, 0.6) is 5.75 Å². The van der Waals surface area contributed by atoms with E-state index in [2.05, 4.69) is 52.7 Å². The van der Waals surface area contributed by atoms with Crippen LogP contribution >= 0.6 is 36.2 Å².